The molecule has 0 radical (unpaired) electrons. The van der Waals surface area contributed by atoms with Crippen LogP contribution < -0.4 is 0 Å². The molecule has 0 saturated heterocycles. The lowest BCUT2D eigenvalue weighted by Crippen LogP contribution is -1.96. The van der Waals surface area contributed by atoms with Gasteiger partial charge in [-0.25, -0.2) is 4.98 Å². The van der Waals surface area contributed by atoms with E-state index in [4.69, 9.17) is 11.6 Å². The first-order valence-corrected chi connectivity index (χ1v) is 4.50. The lowest BCUT2D eigenvalue weighted by atomic mass is 10.6. The molecule has 0 aliphatic heterocycles. The van der Waals surface area contributed by atoms with Gasteiger partial charge in [-0.15, -0.1) is 0 Å². The Morgan fingerprint density at radius 2 is 2.30 bits per heavy atom. The Morgan fingerprint density at radius 3 is 2.50 bits per heavy atom. The highest BCUT2D eigenvalue weighted by molar-refractivity contribution is 14.1. The van der Waals surface area contributed by atoms with Crippen molar-refractivity contribution in [2.75, 3.05) is 0 Å². The summed E-state index contributed by atoms with van der Waals surface area (Å²) in [5.41, 5.74) is 0. The number of nitrogens with zero attached hydrogens (tertiary/aromatic N) is 2. The molecule has 4 heteroatoms. The third-order valence-electron chi connectivity index (χ3n) is 1.37. The monoisotopic (exact) mass is 270 g/mol. The normalized spacial score (nSPS) is 10.4. The van der Waals surface area contributed by atoms with Gasteiger partial charge in [0.05, 0.1) is 0 Å². The topological polar surface area (TPSA) is 17.8 Å². The minimum Gasteiger partial charge on any atom is -0.319 e. The molecule has 0 spiro atoms. The van der Waals surface area contributed by atoms with Gasteiger partial charge in [-0.05, 0) is 36.4 Å². The highest BCUT2D eigenvalue weighted by Gasteiger charge is 2.07. The van der Waals surface area contributed by atoms with Gasteiger partial charge in [0.2, 0.25) is 0 Å². The summed E-state index contributed by atoms with van der Waals surface area (Å²) in [7, 11) is 0. The zero-order valence-electron chi connectivity index (χ0n) is 5.86. The van der Waals surface area contributed by atoms with Gasteiger partial charge in [0.1, 0.15) is 14.7 Å². The predicted octanol–water partition coefficient (Wildman–Crippen LogP) is 2.47. The summed E-state index contributed by atoms with van der Waals surface area (Å²) in [6, 6.07) is 0. The van der Waals surface area contributed by atoms with Crippen LogP contribution in [-0.4, -0.2) is 9.55 Å². The Balaban J connectivity index is 3.20. The summed E-state index contributed by atoms with van der Waals surface area (Å²) in [6.45, 7) is 4.90. The van der Waals surface area contributed by atoms with Crippen molar-refractivity contribution in [2.45, 2.75) is 20.4 Å². The van der Waals surface area contributed by atoms with Crippen molar-refractivity contribution < 1.29 is 0 Å². The van der Waals surface area contributed by atoms with E-state index in [0.717, 1.165) is 21.2 Å². The van der Waals surface area contributed by atoms with Crippen LogP contribution in [0.3, 0.4) is 0 Å². The van der Waals surface area contributed by atoms with E-state index in [9.17, 15) is 0 Å². The van der Waals surface area contributed by atoms with Crippen LogP contribution in [0.15, 0.2) is 0 Å². The molecular formula is C6H8ClIN2. The summed E-state index contributed by atoms with van der Waals surface area (Å²) in [5.74, 6) is 0.983. The molecule has 1 aromatic rings. The van der Waals surface area contributed by atoms with Gasteiger partial charge in [-0.3, -0.25) is 0 Å². The van der Waals surface area contributed by atoms with E-state index in [-0.39, 0.29) is 0 Å². The first kappa shape index (κ1) is 8.33. The molecule has 0 aliphatic carbocycles. The van der Waals surface area contributed by atoms with Gasteiger partial charge in [0.15, 0.2) is 0 Å². The fourth-order valence-electron chi connectivity index (χ4n) is 0.870. The highest BCUT2D eigenvalue weighted by Crippen LogP contribution is 2.18. The maximum absolute atomic E-state index is 5.91. The molecular weight excluding hydrogens is 262 g/mol. The molecule has 2 nitrogen and oxygen atoms in total. The number of hydrogen-bond donors (Lipinski definition) is 0. The van der Waals surface area contributed by atoms with E-state index >= 15 is 0 Å². The third-order valence-corrected chi connectivity index (χ3v) is 2.83. The van der Waals surface area contributed by atoms with Crippen LogP contribution in [0.4, 0.5) is 0 Å². The molecule has 10 heavy (non-hydrogen) atoms. The first-order chi connectivity index (χ1) is 4.66. The van der Waals surface area contributed by atoms with Crippen LogP contribution in [0, 0.1) is 10.6 Å². The molecule has 1 heterocycles. The smallest absolute Gasteiger partial charge is 0.142 e. The Labute approximate surface area is 78.7 Å². The molecule has 0 unspecified atom stereocenters. The van der Waals surface area contributed by atoms with E-state index in [1.54, 1.807) is 0 Å². The van der Waals surface area contributed by atoms with Crippen molar-refractivity contribution in [1.29, 1.82) is 0 Å². The van der Waals surface area contributed by atoms with Gasteiger partial charge in [0, 0.05) is 6.54 Å². The molecule has 0 bridgehead atoms. The maximum Gasteiger partial charge on any atom is 0.142 e. The zero-order valence-corrected chi connectivity index (χ0v) is 8.77. The van der Waals surface area contributed by atoms with Crippen LogP contribution >= 0.6 is 34.2 Å². The lowest BCUT2D eigenvalue weighted by Gasteiger charge is -1.99. The minimum atomic E-state index is 0.751. The number of aromatic nitrogens is 2. The van der Waals surface area contributed by atoms with Crippen molar-refractivity contribution in [3.63, 3.8) is 0 Å². The Morgan fingerprint density at radius 1 is 1.70 bits per heavy atom. The first-order valence-electron chi connectivity index (χ1n) is 3.05. The summed E-state index contributed by atoms with van der Waals surface area (Å²) in [5, 5.41) is 0.751. The van der Waals surface area contributed by atoms with Gasteiger partial charge in [-0.2, -0.15) is 0 Å². The summed E-state index contributed by atoms with van der Waals surface area (Å²) in [4.78, 5) is 4.20. The van der Waals surface area contributed by atoms with Crippen molar-refractivity contribution in [2.24, 2.45) is 0 Å². The fraction of sp³-hybridized carbons (Fsp3) is 0.500. The van der Waals surface area contributed by atoms with Gasteiger partial charge >= 0.3 is 0 Å². The second-order valence-electron chi connectivity index (χ2n) is 1.98. The zero-order chi connectivity index (χ0) is 7.72. The van der Waals surface area contributed by atoms with Gasteiger partial charge in [0.25, 0.3) is 0 Å². The summed E-state index contributed by atoms with van der Waals surface area (Å²) < 4.78 is 2.86. The second-order valence-corrected chi connectivity index (χ2v) is 3.36. The van der Waals surface area contributed by atoms with Crippen LogP contribution in [0.1, 0.15) is 12.7 Å². The van der Waals surface area contributed by atoms with Crippen LogP contribution in [-0.2, 0) is 6.54 Å². The Bertz CT molecular complexity index is 244. The van der Waals surface area contributed by atoms with Crippen molar-refractivity contribution in [3.8, 4) is 0 Å². The van der Waals surface area contributed by atoms with Crippen LogP contribution in [0.5, 0.6) is 0 Å². The molecule has 0 N–H and O–H groups in total. The summed E-state index contributed by atoms with van der Waals surface area (Å²) in [6.07, 6.45) is 0. The van der Waals surface area contributed by atoms with E-state index in [0.29, 0.717) is 0 Å². The fourth-order valence-corrected chi connectivity index (χ4v) is 1.79. The molecule has 56 valence electrons. The number of hydrogen-bond acceptors (Lipinski definition) is 1. The SMILES string of the molecule is CCn1c(C)nc(I)c1Cl. The molecule has 0 amide bonds. The molecule has 0 aliphatic rings. The third kappa shape index (κ3) is 1.29. The van der Waals surface area contributed by atoms with E-state index in [1.165, 1.54) is 0 Å². The van der Waals surface area contributed by atoms with E-state index in [1.807, 2.05) is 11.5 Å². The highest BCUT2D eigenvalue weighted by atomic mass is 127. The van der Waals surface area contributed by atoms with Crippen molar-refractivity contribution in [3.05, 3.63) is 14.7 Å². The minimum absolute atomic E-state index is 0.751. The lowest BCUT2D eigenvalue weighted by molar-refractivity contribution is 0.731. The average molecular weight is 271 g/mol. The molecule has 0 saturated carbocycles. The molecule has 1 aromatic heterocycles. The largest absolute Gasteiger partial charge is 0.319 e. The standard InChI is InChI=1S/C6H8ClIN2/c1-3-10-4(2)9-6(8)5(10)7/h3H2,1-2H3. The van der Waals surface area contributed by atoms with E-state index in [2.05, 4.69) is 34.5 Å². The maximum atomic E-state index is 5.91. The number of imidazole rings is 1. The van der Waals surface area contributed by atoms with Crippen molar-refractivity contribution in [1.82, 2.24) is 9.55 Å². The molecule has 0 atom stereocenters. The number of halogens is 2. The molecule has 0 aromatic carbocycles. The van der Waals surface area contributed by atoms with Crippen molar-refractivity contribution >= 4 is 34.2 Å². The predicted molar refractivity (Wildman–Crippen MR) is 50.4 cm³/mol. The Kier molecular flexibility index (Phi) is 2.57. The van der Waals surface area contributed by atoms with Crippen LogP contribution in [0.25, 0.3) is 0 Å². The Hall–Kier alpha value is 0.230. The summed E-state index contributed by atoms with van der Waals surface area (Å²) >= 11 is 8.04. The van der Waals surface area contributed by atoms with Gasteiger partial charge < -0.3 is 4.57 Å². The number of aryl methyl sites for hydroxylation is 1. The average Bonchev–Trinajstić information content (AvgIpc) is 2.09. The quantitative estimate of drug-likeness (QED) is 0.717. The van der Waals surface area contributed by atoms with Gasteiger partial charge in [-0.1, -0.05) is 11.6 Å². The molecule has 0 fully saturated rings. The van der Waals surface area contributed by atoms with Crippen LogP contribution in [0.2, 0.25) is 5.15 Å². The second kappa shape index (κ2) is 3.09. The van der Waals surface area contributed by atoms with E-state index < -0.39 is 0 Å². The number of rotatable bonds is 1. The molecule has 1 rings (SSSR count).